The molecule has 9 N–H and O–H groups in total. The zero-order valence-electron chi connectivity index (χ0n) is 27.2. The van der Waals surface area contributed by atoms with E-state index in [4.69, 9.17) is 5.73 Å². The lowest BCUT2D eigenvalue weighted by Gasteiger charge is -2.29. The van der Waals surface area contributed by atoms with Crippen LogP contribution in [0.25, 0.3) is 0 Å². The third kappa shape index (κ3) is 14.2. The summed E-state index contributed by atoms with van der Waals surface area (Å²) in [6.45, 7) is 2.45. The Labute approximate surface area is 278 Å². The molecule has 264 valence electrons. The van der Waals surface area contributed by atoms with Gasteiger partial charge in [-0.1, -0.05) is 62.4 Å². The Bertz CT molecular complexity index is 1320. The Kier molecular flexibility index (Phi) is 16.0. The molecule has 16 heteroatoms. The summed E-state index contributed by atoms with van der Waals surface area (Å²) in [7, 11) is 0. The summed E-state index contributed by atoms with van der Waals surface area (Å²) in [6, 6.07) is 1.84. The Morgan fingerprint density at radius 1 is 0.750 bits per heavy atom. The van der Waals surface area contributed by atoms with Crippen molar-refractivity contribution >= 4 is 47.4 Å². The van der Waals surface area contributed by atoms with Crippen LogP contribution in [0.1, 0.15) is 77.2 Å². The number of carbonyl (C=O) groups is 8. The van der Waals surface area contributed by atoms with Gasteiger partial charge in [-0.15, -0.1) is 0 Å². The number of nitrogens with two attached hydrogens (primary N) is 1. The normalized spacial score (nSPS) is 16.1. The van der Waals surface area contributed by atoms with Gasteiger partial charge in [-0.2, -0.15) is 0 Å². The van der Waals surface area contributed by atoms with Crippen molar-refractivity contribution in [2.24, 2.45) is 11.7 Å². The predicted molar refractivity (Wildman–Crippen MR) is 171 cm³/mol. The highest BCUT2D eigenvalue weighted by molar-refractivity contribution is 5.97. The highest BCUT2D eigenvalue weighted by Crippen LogP contribution is 2.27. The summed E-state index contributed by atoms with van der Waals surface area (Å²) < 4.78 is 0. The number of aliphatic carboxylic acids is 2. The molecule has 1 aromatic carbocycles. The molecule has 0 unspecified atom stereocenters. The van der Waals surface area contributed by atoms with Crippen LogP contribution in [0.5, 0.6) is 0 Å². The summed E-state index contributed by atoms with van der Waals surface area (Å²) in [4.78, 5) is 99.3. The average Bonchev–Trinajstić information content (AvgIpc) is 3.02. The van der Waals surface area contributed by atoms with Crippen LogP contribution in [0, 0.1) is 5.92 Å². The molecule has 1 aliphatic carbocycles. The highest BCUT2D eigenvalue weighted by Gasteiger charge is 2.33. The van der Waals surface area contributed by atoms with Gasteiger partial charge in [-0.25, -0.2) is 4.79 Å². The number of carboxylic acid groups (broad SMARTS) is 2. The molecule has 1 fully saturated rings. The van der Waals surface area contributed by atoms with Crippen molar-refractivity contribution < 1.29 is 48.6 Å². The van der Waals surface area contributed by atoms with Crippen molar-refractivity contribution in [3.05, 3.63) is 35.9 Å². The monoisotopic (exact) mass is 674 g/mol. The fourth-order valence-corrected chi connectivity index (χ4v) is 5.44. The smallest absolute Gasteiger partial charge is 0.326 e. The number of primary amides is 1. The fourth-order valence-electron chi connectivity index (χ4n) is 5.44. The van der Waals surface area contributed by atoms with Gasteiger partial charge in [-0.05, 0) is 31.2 Å². The maximum atomic E-state index is 13.6. The second-order valence-corrected chi connectivity index (χ2v) is 12.0. The van der Waals surface area contributed by atoms with Crippen molar-refractivity contribution in [2.75, 3.05) is 0 Å². The van der Waals surface area contributed by atoms with Crippen LogP contribution in [0.4, 0.5) is 0 Å². The Hall–Kier alpha value is -5.02. The number of benzene rings is 1. The van der Waals surface area contributed by atoms with Gasteiger partial charge in [0.15, 0.2) is 0 Å². The van der Waals surface area contributed by atoms with Crippen molar-refractivity contribution in [1.82, 2.24) is 26.6 Å². The van der Waals surface area contributed by atoms with E-state index in [0.717, 1.165) is 32.1 Å². The van der Waals surface area contributed by atoms with E-state index in [1.54, 1.807) is 30.3 Å². The molecule has 0 bridgehead atoms. The molecule has 16 nitrogen and oxygen atoms in total. The van der Waals surface area contributed by atoms with Crippen molar-refractivity contribution in [2.45, 2.75) is 108 Å². The lowest BCUT2D eigenvalue weighted by Crippen LogP contribution is -2.59. The maximum Gasteiger partial charge on any atom is 0.326 e. The minimum atomic E-state index is -1.67. The largest absolute Gasteiger partial charge is 0.481 e. The van der Waals surface area contributed by atoms with Crippen LogP contribution in [0.2, 0.25) is 0 Å². The van der Waals surface area contributed by atoms with Gasteiger partial charge in [-0.3, -0.25) is 33.6 Å². The molecule has 48 heavy (non-hydrogen) atoms. The Morgan fingerprint density at radius 2 is 1.31 bits per heavy atom. The summed E-state index contributed by atoms with van der Waals surface area (Å²) in [5.74, 6) is -7.47. The van der Waals surface area contributed by atoms with E-state index in [2.05, 4.69) is 26.6 Å². The van der Waals surface area contributed by atoms with Crippen LogP contribution >= 0.6 is 0 Å². The first-order chi connectivity index (χ1) is 22.7. The van der Waals surface area contributed by atoms with E-state index in [1.165, 1.54) is 13.8 Å². The molecule has 5 atom stereocenters. The van der Waals surface area contributed by atoms with Gasteiger partial charge in [0.05, 0.1) is 6.42 Å². The third-order valence-electron chi connectivity index (χ3n) is 7.96. The predicted octanol–water partition coefficient (Wildman–Crippen LogP) is -0.512. The third-order valence-corrected chi connectivity index (χ3v) is 7.96. The van der Waals surface area contributed by atoms with Crippen LogP contribution in [0.3, 0.4) is 0 Å². The molecule has 2 rings (SSSR count). The van der Waals surface area contributed by atoms with Crippen molar-refractivity contribution in [3.63, 3.8) is 0 Å². The van der Waals surface area contributed by atoms with Gasteiger partial charge in [0, 0.05) is 19.8 Å². The van der Waals surface area contributed by atoms with Crippen LogP contribution in [-0.2, 0) is 44.8 Å². The first-order valence-electron chi connectivity index (χ1n) is 15.9. The molecule has 0 heterocycles. The SMILES string of the molecule is CC(=O)N[C@@H](CCC(N)=O)C(=O)N[C@@H](CC1CCCCC1)C(=O)N[C@@H](CC(=O)O)C(=O)N[C@@H](C)C(=O)N[C@@H](Cc1ccccc1)C(=O)O. The first kappa shape index (κ1) is 39.2. The molecule has 1 aromatic rings. The van der Waals surface area contributed by atoms with E-state index >= 15 is 0 Å². The lowest BCUT2D eigenvalue weighted by molar-refractivity contribution is -0.143. The Balaban J connectivity index is 2.18. The summed E-state index contributed by atoms with van der Waals surface area (Å²) in [6.07, 6.45) is 3.33. The van der Waals surface area contributed by atoms with Gasteiger partial charge in [0.1, 0.15) is 30.2 Å². The average molecular weight is 675 g/mol. The fraction of sp³-hybridized carbons (Fsp3) is 0.562. The van der Waals surface area contributed by atoms with Gasteiger partial charge in [0.2, 0.25) is 35.4 Å². The molecule has 0 radical (unpaired) electrons. The zero-order valence-corrected chi connectivity index (χ0v) is 27.2. The van der Waals surface area contributed by atoms with Crippen LogP contribution < -0.4 is 32.3 Å². The number of hydrogen-bond acceptors (Lipinski definition) is 8. The Morgan fingerprint density at radius 3 is 1.88 bits per heavy atom. The number of nitrogens with one attached hydrogen (secondary N) is 5. The summed E-state index contributed by atoms with van der Waals surface area (Å²) >= 11 is 0. The van der Waals surface area contributed by atoms with Crippen molar-refractivity contribution in [3.8, 4) is 0 Å². The second-order valence-electron chi connectivity index (χ2n) is 12.0. The number of rotatable bonds is 19. The molecule has 1 aliphatic rings. The van der Waals surface area contributed by atoms with E-state index < -0.39 is 84.0 Å². The van der Waals surface area contributed by atoms with Crippen LogP contribution in [-0.4, -0.2) is 87.8 Å². The number of amides is 6. The first-order valence-corrected chi connectivity index (χ1v) is 15.9. The number of carbonyl (C=O) groups excluding carboxylic acids is 6. The summed E-state index contributed by atoms with van der Waals surface area (Å²) in [5.41, 5.74) is 5.85. The molecule has 0 aliphatic heterocycles. The quantitative estimate of drug-likeness (QED) is 0.0931. The number of carboxylic acids is 2. The molecular weight excluding hydrogens is 628 g/mol. The molecule has 0 spiro atoms. The molecule has 0 aromatic heterocycles. The highest BCUT2D eigenvalue weighted by atomic mass is 16.4. The number of hydrogen-bond donors (Lipinski definition) is 8. The van der Waals surface area contributed by atoms with Crippen LogP contribution in [0.15, 0.2) is 30.3 Å². The molecule has 1 saturated carbocycles. The second kappa shape index (κ2) is 19.6. The minimum absolute atomic E-state index is 0.0281. The van der Waals surface area contributed by atoms with Gasteiger partial charge >= 0.3 is 11.9 Å². The van der Waals surface area contributed by atoms with E-state index in [0.29, 0.717) is 5.56 Å². The van der Waals surface area contributed by atoms with E-state index in [-0.39, 0.29) is 31.6 Å². The summed E-state index contributed by atoms with van der Waals surface area (Å²) in [5, 5.41) is 31.2. The van der Waals surface area contributed by atoms with Crippen molar-refractivity contribution in [1.29, 1.82) is 0 Å². The van der Waals surface area contributed by atoms with Gasteiger partial charge < -0.3 is 42.5 Å². The standard InChI is InChI=1S/C32H46N6O10/c1-18(28(43)38-25(32(47)48)16-21-11-7-4-8-12-21)34-30(45)24(17-27(41)42)37-31(46)23(15-20-9-5-3-6-10-20)36-29(44)22(35-19(2)39)13-14-26(33)40/h4,7-8,11-12,18,20,22-25H,3,5-6,9-10,13-17H2,1-2H3,(H2,33,40)(H,34,45)(H,35,39)(H,36,44)(H,37,46)(H,38,43)(H,41,42)(H,47,48)/t18-,22-,23-,24-,25-/m0/s1. The zero-order chi connectivity index (χ0) is 35.8. The molecular formula is C32H46N6O10. The molecule has 6 amide bonds. The minimum Gasteiger partial charge on any atom is -0.481 e. The van der Waals surface area contributed by atoms with Gasteiger partial charge in [0.25, 0.3) is 0 Å². The maximum absolute atomic E-state index is 13.6. The van der Waals surface area contributed by atoms with E-state index in [1.807, 2.05) is 0 Å². The molecule has 0 saturated heterocycles. The lowest BCUT2D eigenvalue weighted by atomic mass is 9.84. The topological polar surface area (TPSA) is 263 Å². The van der Waals surface area contributed by atoms with E-state index in [9.17, 15) is 48.6 Å².